The first-order valence-corrected chi connectivity index (χ1v) is 6.50. The van der Waals surface area contributed by atoms with Crippen LogP contribution in [0.2, 0.25) is 0 Å². The first-order chi connectivity index (χ1) is 8.93. The molecule has 0 bridgehead atoms. The van der Waals surface area contributed by atoms with E-state index in [4.69, 9.17) is 0 Å². The molecule has 0 aliphatic rings. The highest BCUT2D eigenvalue weighted by atomic mass is 32.1. The molecule has 2 aromatic rings. The first kappa shape index (κ1) is 14.0. The molecule has 0 aliphatic carbocycles. The van der Waals surface area contributed by atoms with Crippen molar-refractivity contribution in [2.75, 3.05) is 6.54 Å². The average Bonchev–Trinajstić information content (AvgIpc) is 2.91. The van der Waals surface area contributed by atoms with Crippen LogP contribution in [-0.4, -0.2) is 21.1 Å². The van der Waals surface area contributed by atoms with Crippen LogP contribution in [0.15, 0.2) is 12.4 Å². The largest absolute Gasteiger partial charge is 0.434 e. The molecule has 19 heavy (non-hydrogen) atoms. The average molecular weight is 290 g/mol. The van der Waals surface area contributed by atoms with Crippen LogP contribution in [0, 0.1) is 0 Å². The molecule has 0 saturated heterocycles. The molecule has 0 unspecified atom stereocenters. The lowest BCUT2D eigenvalue weighted by Gasteiger charge is -2.05. The minimum atomic E-state index is -4.44. The van der Waals surface area contributed by atoms with Crippen LogP contribution < -0.4 is 5.32 Å². The number of nitrogens with zero attached hydrogens (tertiary/aromatic N) is 3. The lowest BCUT2D eigenvalue weighted by atomic mass is 10.3. The molecular weight excluding hydrogens is 277 g/mol. The highest BCUT2D eigenvalue weighted by molar-refractivity contribution is 7.15. The molecule has 0 saturated carbocycles. The molecule has 104 valence electrons. The van der Waals surface area contributed by atoms with E-state index in [1.54, 1.807) is 17.8 Å². The van der Waals surface area contributed by atoms with E-state index in [1.807, 2.05) is 6.92 Å². The van der Waals surface area contributed by atoms with Gasteiger partial charge in [0.05, 0.1) is 4.88 Å². The summed E-state index contributed by atoms with van der Waals surface area (Å²) in [6.45, 7) is 2.61. The summed E-state index contributed by atoms with van der Waals surface area (Å²) in [6, 6.07) is 0. The van der Waals surface area contributed by atoms with Crippen molar-refractivity contribution < 1.29 is 13.2 Å². The third-order valence-corrected chi connectivity index (χ3v) is 3.57. The van der Waals surface area contributed by atoms with Crippen molar-refractivity contribution in [1.29, 1.82) is 0 Å². The summed E-state index contributed by atoms with van der Waals surface area (Å²) >= 11 is 1.02. The maximum atomic E-state index is 12.9. The van der Waals surface area contributed by atoms with Crippen LogP contribution in [0.25, 0.3) is 10.8 Å². The summed E-state index contributed by atoms with van der Waals surface area (Å²) in [5.41, 5.74) is -0.823. The summed E-state index contributed by atoms with van der Waals surface area (Å²) in [4.78, 5) is 7.92. The van der Waals surface area contributed by atoms with Crippen LogP contribution in [0.3, 0.4) is 0 Å². The number of imidazole rings is 1. The predicted molar refractivity (Wildman–Crippen MR) is 66.7 cm³/mol. The number of halogens is 3. The maximum Gasteiger partial charge on any atom is 0.434 e. The smallest absolute Gasteiger partial charge is 0.332 e. The van der Waals surface area contributed by atoms with Crippen molar-refractivity contribution in [3.63, 3.8) is 0 Å². The predicted octanol–water partition coefficient (Wildman–Crippen LogP) is 2.67. The van der Waals surface area contributed by atoms with Crippen molar-refractivity contribution in [2.45, 2.75) is 19.6 Å². The Bertz CT molecular complexity index is 559. The zero-order chi connectivity index (χ0) is 14.0. The van der Waals surface area contributed by atoms with E-state index in [1.165, 1.54) is 6.20 Å². The Balaban J connectivity index is 2.43. The van der Waals surface area contributed by atoms with Crippen LogP contribution in [0.1, 0.15) is 17.5 Å². The molecule has 1 N–H and O–H groups in total. The fourth-order valence-electron chi connectivity index (χ4n) is 1.60. The van der Waals surface area contributed by atoms with E-state index in [0.717, 1.165) is 11.3 Å². The highest BCUT2D eigenvalue weighted by Gasteiger charge is 2.37. The van der Waals surface area contributed by atoms with Gasteiger partial charge in [-0.1, -0.05) is 6.92 Å². The van der Waals surface area contributed by atoms with Crippen molar-refractivity contribution in [3.8, 4) is 10.8 Å². The fourth-order valence-corrected chi connectivity index (χ4v) is 2.69. The van der Waals surface area contributed by atoms with Crippen molar-refractivity contribution in [1.82, 2.24) is 19.9 Å². The zero-order valence-corrected chi connectivity index (χ0v) is 11.3. The van der Waals surface area contributed by atoms with E-state index in [2.05, 4.69) is 15.3 Å². The number of nitrogens with one attached hydrogen (secondary N) is 1. The quantitative estimate of drug-likeness (QED) is 0.941. The van der Waals surface area contributed by atoms with Gasteiger partial charge in [-0.15, -0.1) is 11.3 Å². The Morgan fingerprint density at radius 3 is 2.68 bits per heavy atom. The first-order valence-electron chi connectivity index (χ1n) is 5.68. The molecule has 2 heterocycles. The van der Waals surface area contributed by atoms with Crippen molar-refractivity contribution in [3.05, 3.63) is 23.0 Å². The van der Waals surface area contributed by atoms with Gasteiger partial charge in [-0.05, 0) is 6.54 Å². The number of thiazole rings is 1. The lowest BCUT2D eigenvalue weighted by molar-refractivity contribution is -0.141. The van der Waals surface area contributed by atoms with Crippen LogP contribution in [0.4, 0.5) is 13.2 Å². The molecule has 8 heteroatoms. The topological polar surface area (TPSA) is 42.7 Å². The molecule has 2 rings (SSSR count). The third kappa shape index (κ3) is 2.95. The number of rotatable bonds is 4. The summed E-state index contributed by atoms with van der Waals surface area (Å²) in [5.74, 6) is 0.443. The van der Waals surface area contributed by atoms with Crippen molar-refractivity contribution >= 4 is 11.3 Å². The van der Waals surface area contributed by atoms with Gasteiger partial charge in [0.25, 0.3) is 0 Å². The summed E-state index contributed by atoms with van der Waals surface area (Å²) < 4.78 is 40.4. The minimum Gasteiger partial charge on any atom is -0.332 e. The molecule has 0 radical (unpaired) electrons. The maximum absolute atomic E-state index is 12.9. The third-order valence-electron chi connectivity index (χ3n) is 2.51. The van der Waals surface area contributed by atoms with Crippen LogP contribution in [-0.2, 0) is 19.8 Å². The standard InChI is InChI=1S/C11H13F3N4S/c1-3-15-6-7-8(11(12,13)14)17-10(19-7)9-16-4-5-18(9)2/h4-5,15H,3,6H2,1-2H3. The van der Waals surface area contributed by atoms with E-state index < -0.39 is 11.9 Å². The van der Waals surface area contributed by atoms with Gasteiger partial charge < -0.3 is 9.88 Å². The van der Waals surface area contributed by atoms with Crippen molar-refractivity contribution in [2.24, 2.45) is 7.05 Å². The van der Waals surface area contributed by atoms with E-state index in [0.29, 0.717) is 12.4 Å². The molecule has 0 fully saturated rings. The number of hydrogen-bond acceptors (Lipinski definition) is 4. The highest BCUT2D eigenvalue weighted by Crippen LogP contribution is 2.37. The Labute approximate surface area is 112 Å². The second kappa shape index (κ2) is 5.30. The molecule has 2 aromatic heterocycles. The molecule has 0 amide bonds. The van der Waals surface area contributed by atoms with Gasteiger partial charge in [-0.2, -0.15) is 13.2 Å². The normalized spacial score (nSPS) is 12.1. The molecule has 0 aliphatic heterocycles. The van der Waals surface area contributed by atoms with Crippen LogP contribution in [0.5, 0.6) is 0 Å². The number of aryl methyl sites for hydroxylation is 1. The lowest BCUT2D eigenvalue weighted by Crippen LogP contribution is -2.15. The van der Waals surface area contributed by atoms with Gasteiger partial charge >= 0.3 is 6.18 Å². The molecular formula is C11H13F3N4S. The van der Waals surface area contributed by atoms with E-state index in [-0.39, 0.29) is 16.4 Å². The summed E-state index contributed by atoms with van der Waals surface area (Å²) in [6.07, 6.45) is -1.23. The minimum absolute atomic E-state index is 0.160. The second-order valence-electron chi connectivity index (χ2n) is 3.93. The van der Waals surface area contributed by atoms with Gasteiger partial charge in [0.2, 0.25) is 0 Å². The van der Waals surface area contributed by atoms with Gasteiger partial charge in [-0.3, -0.25) is 0 Å². The zero-order valence-electron chi connectivity index (χ0n) is 10.5. The monoisotopic (exact) mass is 290 g/mol. The second-order valence-corrected chi connectivity index (χ2v) is 5.01. The molecule has 0 atom stereocenters. The molecule has 4 nitrogen and oxygen atoms in total. The Hall–Kier alpha value is -1.41. The SMILES string of the molecule is CCNCc1sc(-c2nccn2C)nc1C(F)(F)F. The van der Waals surface area contributed by atoms with Gasteiger partial charge in [0, 0.05) is 26.0 Å². The van der Waals surface area contributed by atoms with E-state index >= 15 is 0 Å². The number of aromatic nitrogens is 3. The van der Waals surface area contributed by atoms with Gasteiger partial charge in [0.15, 0.2) is 16.5 Å². The van der Waals surface area contributed by atoms with E-state index in [9.17, 15) is 13.2 Å². The Kier molecular flexibility index (Phi) is 3.91. The molecule has 0 aromatic carbocycles. The fraction of sp³-hybridized carbons (Fsp3) is 0.455. The Morgan fingerprint density at radius 2 is 2.16 bits per heavy atom. The van der Waals surface area contributed by atoms with Gasteiger partial charge in [-0.25, -0.2) is 9.97 Å². The summed E-state index contributed by atoms with van der Waals surface area (Å²) in [5, 5.41) is 3.18. The number of hydrogen-bond donors (Lipinski definition) is 1. The Morgan fingerprint density at radius 1 is 1.42 bits per heavy atom. The number of alkyl halides is 3. The summed E-state index contributed by atoms with van der Waals surface area (Å²) in [7, 11) is 1.72. The van der Waals surface area contributed by atoms with Gasteiger partial charge in [0.1, 0.15) is 0 Å². The van der Waals surface area contributed by atoms with Crippen LogP contribution >= 0.6 is 11.3 Å². The molecule has 0 spiro atoms.